The van der Waals surface area contributed by atoms with E-state index in [9.17, 15) is 14.7 Å². The number of ether oxygens (including phenoxy) is 2. The number of benzene rings is 1. The molecule has 0 saturated heterocycles. The maximum Gasteiger partial charge on any atom is 0.309 e. The first-order valence-electron chi connectivity index (χ1n) is 7.61. The number of unbranched alkanes of at least 4 members (excludes halogenated alkanes) is 2. The van der Waals surface area contributed by atoms with Gasteiger partial charge in [-0.05, 0) is 12.0 Å². The third-order valence-electron chi connectivity index (χ3n) is 3.11. The van der Waals surface area contributed by atoms with Crippen LogP contribution in [0.25, 0.3) is 0 Å². The summed E-state index contributed by atoms with van der Waals surface area (Å²) in [6, 6.07) is 9.22. The van der Waals surface area contributed by atoms with Crippen molar-refractivity contribution >= 4 is 11.8 Å². The van der Waals surface area contributed by atoms with E-state index in [0.717, 1.165) is 24.8 Å². The molecule has 0 aliphatic carbocycles. The maximum absolute atomic E-state index is 11.6. The standard InChI is InChI=1S/C17H24O5/c1-2-3-7-10-21-13-16(19)15(18)11-17(20)22-12-14-8-5-4-6-9-14/h4-6,8-9,15,18H,2-3,7,10-13H2,1H3. The summed E-state index contributed by atoms with van der Waals surface area (Å²) < 4.78 is 10.2. The second-order valence-corrected chi connectivity index (χ2v) is 5.09. The van der Waals surface area contributed by atoms with E-state index < -0.39 is 17.9 Å². The van der Waals surface area contributed by atoms with Gasteiger partial charge in [-0.25, -0.2) is 0 Å². The Bertz CT molecular complexity index is 444. The number of rotatable bonds is 11. The first-order valence-corrected chi connectivity index (χ1v) is 7.61. The van der Waals surface area contributed by atoms with Crippen molar-refractivity contribution in [2.75, 3.05) is 13.2 Å². The molecular formula is C17H24O5. The third kappa shape index (κ3) is 7.90. The van der Waals surface area contributed by atoms with E-state index in [1.54, 1.807) is 0 Å². The molecule has 1 aromatic rings. The molecule has 1 rings (SSSR count). The zero-order chi connectivity index (χ0) is 16.2. The minimum Gasteiger partial charge on any atom is -0.461 e. The largest absolute Gasteiger partial charge is 0.461 e. The zero-order valence-electron chi connectivity index (χ0n) is 13.0. The molecule has 1 unspecified atom stereocenters. The minimum absolute atomic E-state index is 0.133. The Balaban J connectivity index is 2.18. The number of hydrogen-bond donors (Lipinski definition) is 1. The molecule has 0 fully saturated rings. The highest BCUT2D eigenvalue weighted by atomic mass is 16.5. The van der Waals surface area contributed by atoms with Crippen LogP contribution in [0.2, 0.25) is 0 Å². The Kier molecular flexibility index (Phi) is 9.11. The van der Waals surface area contributed by atoms with E-state index in [-0.39, 0.29) is 19.6 Å². The summed E-state index contributed by atoms with van der Waals surface area (Å²) in [5, 5.41) is 9.66. The highest BCUT2D eigenvalue weighted by Crippen LogP contribution is 2.04. The number of Topliss-reactive ketones (excluding diaryl/α,β-unsaturated/α-hetero) is 1. The van der Waals surface area contributed by atoms with Crippen molar-refractivity contribution in [1.82, 2.24) is 0 Å². The summed E-state index contributed by atoms with van der Waals surface area (Å²) in [7, 11) is 0. The SMILES string of the molecule is CCCCCOCC(=O)C(O)CC(=O)OCc1ccccc1. The first-order chi connectivity index (χ1) is 10.6. The van der Waals surface area contributed by atoms with Gasteiger partial charge < -0.3 is 14.6 Å². The quantitative estimate of drug-likeness (QED) is 0.501. The van der Waals surface area contributed by atoms with Gasteiger partial charge in [-0.15, -0.1) is 0 Å². The molecule has 5 nitrogen and oxygen atoms in total. The third-order valence-corrected chi connectivity index (χ3v) is 3.11. The van der Waals surface area contributed by atoms with Gasteiger partial charge in [-0.2, -0.15) is 0 Å². The molecule has 0 aliphatic rings. The van der Waals surface area contributed by atoms with Gasteiger partial charge in [0.1, 0.15) is 19.3 Å². The molecule has 0 spiro atoms. The second-order valence-electron chi connectivity index (χ2n) is 5.09. The summed E-state index contributed by atoms with van der Waals surface area (Å²) in [4.78, 5) is 23.2. The van der Waals surface area contributed by atoms with Crippen molar-refractivity contribution in [3.05, 3.63) is 35.9 Å². The number of hydrogen-bond acceptors (Lipinski definition) is 5. The van der Waals surface area contributed by atoms with Gasteiger partial charge in [0, 0.05) is 6.61 Å². The Morgan fingerprint density at radius 1 is 1.18 bits per heavy atom. The predicted molar refractivity (Wildman–Crippen MR) is 82.2 cm³/mol. The molecule has 1 N–H and O–H groups in total. The van der Waals surface area contributed by atoms with Crippen LogP contribution in [0.1, 0.15) is 38.2 Å². The van der Waals surface area contributed by atoms with Crippen molar-refractivity contribution < 1.29 is 24.2 Å². The molecule has 22 heavy (non-hydrogen) atoms. The topological polar surface area (TPSA) is 72.8 Å². The van der Waals surface area contributed by atoms with Crippen LogP contribution in [0.3, 0.4) is 0 Å². The molecule has 1 atom stereocenters. The zero-order valence-corrected chi connectivity index (χ0v) is 13.0. The van der Waals surface area contributed by atoms with E-state index >= 15 is 0 Å². The van der Waals surface area contributed by atoms with Crippen molar-refractivity contribution in [1.29, 1.82) is 0 Å². The highest BCUT2D eigenvalue weighted by Gasteiger charge is 2.19. The van der Waals surface area contributed by atoms with Gasteiger partial charge in [0.25, 0.3) is 0 Å². The molecule has 1 aromatic carbocycles. The first kappa shape index (κ1) is 18.3. The van der Waals surface area contributed by atoms with Crippen LogP contribution in [-0.2, 0) is 25.7 Å². The van der Waals surface area contributed by atoms with E-state index in [4.69, 9.17) is 9.47 Å². The minimum atomic E-state index is -1.37. The normalized spacial score (nSPS) is 11.9. The fourth-order valence-corrected chi connectivity index (χ4v) is 1.79. The van der Waals surface area contributed by atoms with Crippen LogP contribution in [0.5, 0.6) is 0 Å². The van der Waals surface area contributed by atoms with E-state index in [1.165, 1.54) is 0 Å². The molecule has 0 saturated carbocycles. The maximum atomic E-state index is 11.6. The lowest BCUT2D eigenvalue weighted by molar-refractivity contribution is -0.150. The van der Waals surface area contributed by atoms with Crippen LogP contribution in [-0.4, -0.2) is 36.2 Å². The van der Waals surface area contributed by atoms with E-state index in [2.05, 4.69) is 6.92 Å². The molecule has 0 aliphatic heterocycles. The fraction of sp³-hybridized carbons (Fsp3) is 0.529. The van der Waals surface area contributed by atoms with Gasteiger partial charge >= 0.3 is 5.97 Å². The smallest absolute Gasteiger partial charge is 0.309 e. The number of carbonyl (C=O) groups excluding carboxylic acids is 2. The molecule has 122 valence electrons. The molecule has 0 heterocycles. The second kappa shape index (κ2) is 10.9. The van der Waals surface area contributed by atoms with Crippen molar-refractivity contribution in [3.8, 4) is 0 Å². The summed E-state index contributed by atoms with van der Waals surface area (Å²) >= 11 is 0. The van der Waals surface area contributed by atoms with Crippen LogP contribution < -0.4 is 0 Å². The van der Waals surface area contributed by atoms with Gasteiger partial charge in [-0.1, -0.05) is 50.1 Å². The monoisotopic (exact) mass is 308 g/mol. The highest BCUT2D eigenvalue weighted by molar-refractivity contribution is 5.88. The average Bonchev–Trinajstić information content (AvgIpc) is 2.53. The number of aliphatic hydroxyl groups excluding tert-OH is 1. The Labute approximate surface area is 131 Å². The fourth-order valence-electron chi connectivity index (χ4n) is 1.79. The molecule has 0 amide bonds. The van der Waals surface area contributed by atoms with Gasteiger partial charge in [-0.3, -0.25) is 9.59 Å². The molecule has 5 heteroatoms. The number of ketones is 1. The van der Waals surface area contributed by atoms with Crippen LogP contribution >= 0.6 is 0 Å². The molecular weight excluding hydrogens is 284 g/mol. The predicted octanol–water partition coefficient (Wildman–Crippen LogP) is 2.26. The lowest BCUT2D eigenvalue weighted by Crippen LogP contribution is -2.28. The molecule has 0 bridgehead atoms. The molecule has 0 aromatic heterocycles. The summed E-state index contributed by atoms with van der Waals surface area (Å²) in [5.41, 5.74) is 0.857. The Hall–Kier alpha value is -1.72. The van der Waals surface area contributed by atoms with Gasteiger partial charge in [0.15, 0.2) is 5.78 Å². The van der Waals surface area contributed by atoms with Crippen molar-refractivity contribution in [2.45, 2.75) is 45.3 Å². The van der Waals surface area contributed by atoms with Gasteiger partial charge in [0.05, 0.1) is 6.42 Å². The van der Waals surface area contributed by atoms with Crippen LogP contribution in [0.4, 0.5) is 0 Å². The van der Waals surface area contributed by atoms with Gasteiger partial charge in [0.2, 0.25) is 0 Å². The lowest BCUT2D eigenvalue weighted by atomic mass is 10.2. The lowest BCUT2D eigenvalue weighted by Gasteiger charge is -2.10. The summed E-state index contributed by atoms with van der Waals surface area (Å²) in [6.45, 7) is 2.53. The molecule has 0 radical (unpaired) electrons. The average molecular weight is 308 g/mol. The van der Waals surface area contributed by atoms with Crippen molar-refractivity contribution in [2.24, 2.45) is 0 Å². The number of carbonyl (C=O) groups is 2. The van der Waals surface area contributed by atoms with Crippen molar-refractivity contribution in [3.63, 3.8) is 0 Å². The Morgan fingerprint density at radius 2 is 1.91 bits per heavy atom. The van der Waals surface area contributed by atoms with E-state index in [0.29, 0.717) is 6.61 Å². The Morgan fingerprint density at radius 3 is 2.59 bits per heavy atom. The summed E-state index contributed by atoms with van der Waals surface area (Å²) in [5.74, 6) is -1.09. The number of aliphatic hydroxyl groups is 1. The van der Waals surface area contributed by atoms with Crippen LogP contribution in [0.15, 0.2) is 30.3 Å². The van der Waals surface area contributed by atoms with E-state index in [1.807, 2.05) is 30.3 Å². The number of esters is 1. The van der Waals surface area contributed by atoms with Crippen LogP contribution in [0, 0.1) is 0 Å². The summed E-state index contributed by atoms with van der Waals surface area (Å²) in [6.07, 6.45) is 1.30.